The lowest BCUT2D eigenvalue weighted by Gasteiger charge is -2.28. The van der Waals surface area contributed by atoms with Crippen LogP contribution in [0.4, 0.5) is 0 Å². The van der Waals surface area contributed by atoms with Crippen molar-refractivity contribution in [3.8, 4) is 0 Å². The highest BCUT2D eigenvalue weighted by Crippen LogP contribution is 2.12. The summed E-state index contributed by atoms with van der Waals surface area (Å²) >= 11 is 3.46. The maximum absolute atomic E-state index is 12.2. The summed E-state index contributed by atoms with van der Waals surface area (Å²) in [5.41, 5.74) is 3.97. The molecule has 1 aromatic carbocycles. The van der Waals surface area contributed by atoms with E-state index in [0.717, 1.165) is 42.7 Å². The van der Waals surface area contributed by atoms with E-state index in [1.54, 1.807) is 6.21 Å². The molecule has 0 unspecified atom stereocenters. The van der Waals surface area contributed by atoms with Gasteiger partial charge in [-0.1, -0.05) is 28.1 Å². The molecule has 5 nitrogen and oxygen atoms in total. The first-order valence-electron chi connectivity index (χ1n) is 8.57. The third kappa shape index (κ3) is 5.28. The number of furan rings is 1. The van der Waals surface area contributed by atoms with Crippen LogP contribution in [0.3, 0.4) is 0 Å². The van der Waals surface area contributed by atoms with Gasteiger partial charge in [0, 0.05) is 22.9 Å². The zero-order valence-electron chi connectivity index (χ0n) is 14.3. The van der Waals surface area contributed by atoms with Crippen molar-refractivity contribution < 1.29 is 14.1 Å². The Kier molecular flexibility index (Phi) is 6.04. The second-order valence-electron chi connectivity index (χ2n) is 6.51. The van der Waals surface area contributed by atoms with Crippen LogP contribution in [-0.4, -0.2) is 25.2 Å². The summed E-state index contributed by atoms with van der Waals surface area (Å²) in [7, 11) is 0. The van der Waals surface area contributed by atoms with Crippen molar-refractivity contribution in [1.29, 1.82) is 0 Å². The summed E-state index contributed by atoms with van der Waals surface area (Å²) in [4.78, 5) is 13.8. The molecule has 1 fully saturated rings. The number of nitrogens with one attached hydrogen (secondary N) is 2. The van der Waals surface area contributed by atoms with E-state index >= 15 is 0 Å². The van der Waals surface area contributed by atoms with Gasteiger partial charge in [0.25, 0.3) is 0 Å². The Labute approximate surface area is 156 Å². The largest absolute Gasteiger partial charge is 0.460 e. The third-order valence-electron chi connectivity index (χ3n) is 4.56. The molecule has 2 N–H and O–H groups in total. The molecule has 25 heavy (non-hydrogen) atoms. The molecule has 1 amide bonds. The van der Waals surface area contributed by atoms with Gasteiger partial charge < -0.3 is 9.32 Å². The van der Waals surface area contributed by atoms with E-state index in [9.17, 15) is 4.79 Å². The number of nitrogens with zero attached hydrogens (tertiary/aromatic N) is 1. The fourth-order valence-corrected chi connectivity index (χ4v) is 3.39. The van der Waals surface area contributed by atoms with Crippen molar-refractivity contribution >= 4 is 28.1 Å². The van der Waals surface area contributed by atoms with Crippen LogP contribution in [-0.2, 0) is 11.3 Å². The Morgan fingerprint density at radius 2 is 2.00 bits per heavy atom. The molecule has 0 aliphatic carbocycles. The molecule has 1 saturated heterocycles. The number of rotatable bonds is 5. The molecule has 1 aromatic heterocycles. The van der Waals surface area contributed by atoms with Gasteiger partial charge >= 0.3 is 0 Å². The predicted octanol–water partition coefficient (Wildman–Crippen LogP) is 2.30. The van der Waals surface area contributed by atoms with Crippen LogP contribution in [0.2, 0.25) is 0 Å². The van der Waals surface area contributed by atoms with Gasteiger partial charge in [0.1, 0.15) is 18.1 Å². The molecule has 3 rings (SSSR count). The number of piperidine rings is 1. The summed E-state index contributed by atoms with van der Waals surface area (Å²) in [5.74, 6) is 1.52. The van der Waals surface area contributed by atoms with Gasteiger partial charge in [-0.3, -0.25) is 4.79 Å². The molecular weight excluding hydrogens is 382 g/mol. The van der Waals surface area contributed by atoms with Crippen molar-refractivity contribution in [2.45, 2.75) is 26.3 Å². The highest BCUT2D eigenvalue weighted by atomic mass is 79.9. The number of halogens is 1. The second kappa shape index (κ2) is 8.45. The van der Waals surface area contributed by atoms with E-state index in [1.165, 1.54) is 10.5 Å². The average molecular weight is 405 g/mol. The van der Waals surface area contributed by atoms with Crippen molar-refractivity contribution in [3.63, 3.8) is 0 Å². The molecule has 6 heteroatoms. The first-order chi connectivity index (χ1) is 12.1. The number of hydrogen-bond acceptors (Lipinski definition) is 3. The standard InChI is InChI=1S/C19H22BrN3O2/c1-14-2-7-18(25-14)12-21-22-19(24)16-8-10-23(11-9-16)13-15-3-5-17(20)6-4-15/h2-7,12,16H,8-11,13H2,1H3,(H,22,24)/p+1/b21-12-. The molecule has 0 atom stereocenters. The third-order valence-corrected chi connectivity index (χ3v) is 5.09. The monoisotopic (exact) mass is 404 g/mol. The molecule has 1 aliphatic heterocycles. The summed E-state index contributed by atoms with van der Waals surface area (Å²) in [6.07, 6.45) is 3.33. The van der Waals surface area contributed by atoms with Gasteiger partial charge in [0.15, 0.2) is 0 Å². The smallest absolute Gasteiger partial charge is 0.243 e. The first kappa shape index (κ1) is 17.9. The lowest BCUT2D eigenvalue weighted by Crippen LogP contribution is -3.11. The number of carbonyl (C=O) groups excluding carboxylic acids is 1. The van der Waals surface area contributed by atoms with E-state index in [-0.39, 0.29) is 11.8 Å². The normalized spacial score (nSPS) is 20.7. The zero-order chi connectivity index (χ0) is 17.6. The lowest BCUT2D eigenvalue weighted by atomic mass is 9.96. The van der Waals surface area contributed by atoms with Gasteiger partial charge in [-0.2, -0.15) is 5.10 Å². The van der Waals surface area contributed by atoms with Gasteiger partial charge in [-0.05, 0) is 31.2 Å². The number of carbonyl (C=O) groups is 1. The topological polar surface area (TPSA) is 59.0 Å². The van der Waals surface area contributed by atoms with E-state index in [4.69, 9.17) is 4.42 Å². The maximum Gasteiger partial charge on any atom is 0.243 e. The van der Waals surface area contributed by atoms with Gasteiger partial charge in [0.05, 0.1) is 25.2 Å². The number of benzene rings is 1. The SMILES string of the molecule is Cc1ccc(/C=N\NC(=O)C2CC[NH+](Cc3ccc(Br)cc3)CC2)o1. The molecule has 0 spiro atoms. The Hall–Kier alpha value is -1.92. The van der Waals surface area contributed by atoms with Crippen LogP contribution in [0.25, 0.3) is 0 Å². The Bertz CT molecular complexity index is 731. The first-order valence-corrected chi connectivity index (χ1v) is 9.37. The molecule has 2 heterocycles. The highest BCUT2D eigenvalue weighted by Gasteiger charge is 2.27. The minimum Gasteiger partial charge on any atom is -0.460 e. The molecule has 0 saturated carbocycles. The Balaban J connectivity index is 1.42. The summed E-state index contributed by atoms with van der Waals surface area (Å²) in [6.45, 7) is 4.91. The Morgan fingerprint density at radius 1 is 1.28 bits per heavy atom. The maximum atomic E-state index is 12.2. The fourth-order valence-electron chi connectivity index (χ4n) is 3.13. The molecule has 2 aromatic rings. The number of aryl methyl sites for hydroxylation is 1. The molecule has 1 aliphatic rings. The summed E-state index contributed by atoms with van der Waals surface area (Å²) in [6, 6.07) is 12.2. The van der Waals surface area contributed by atoms with Crippen LogP contribution in [0, 0.1) is 12.8 Å². The number of hydrazone groups is 1. The predicted molar refractivity (Wildman–Crippen MR) is 100 cm³/mol. The van der Waals surface area contributed by atoms with E-state index in [1.807, 2.05) is 19.1 Å². The lowest BCUT2D eigenvalue weighted by molar-refractivity contribution is -0.919. The van der Waals surface area contributed by atoms with Gasteiger partial charge in [-0.15, -0.1) is 0 Å². The van der Waals surface area contributed by atoms with Crippen LogP contribution < -0.4 is 10.3 Å². The van der Waals surface area contributed by atoms with Crippen molar-refractivity contribution in [3.05, 3.63) is 58.0 Å². The molecule has 132 valence electrons. The van der Waals surface area contributed by atoms with Crippen LogP contribution in [0.15, 0.2) is 50.4 Å². The molecule has 0 radical (unpaired) electrons. The van der Waals surface area contributed by atoms with Gasteiger partial charge in [0.2, 0.25) is 5.91 Å². The minimum absolute atomic E-state index is 0.00206. The van der Waals surface area contributed by atoms with Crippen LogP contribution >= 0.6 is 15.9 Å². The molecular formula is C19H23BrN3O2+. The quantitative estimate of drug-likeness (QED) is 0.593. The highest BCUT2D eigenvalue weighted by molar-refractivity contribution is 9.10. The fraction of sp³-hybridized carbons (Fsp3) is 0.368. The summed E-state index contributed by atoms with van der Waals surface area (Å²) < 4.78 is 6.49. The van der Waals surface area contributed by atoms with Crippen molar-refractivity contribution in [2.75, 3.05) is 13.1 Å². The molecule has 0 bridgehead atoms. The number of quaternary nitrogens is 1. The van der Waals surface area contributed by atoms with E-state index in [0.29, 0.717) is 5.76 Å². The minimum atomic E-state index is 0.00206. The van der Waals surface area contributed by atoms with Crippen LogP contribution in [0.5, 0.6) is 0 Å². The number of hydrogen-bond donors (Lipinski definition) is 2. The van der Waals surface area contributed by atoms with Crippen molar-refractivity contribution in [1.82, 2.24) is 5.43 Å². The summed E-state index contributed by atoms with van der Waals surface area (Å²) in [5, 5.41) is 4.00. The Morgan fingerprint density at radius 3 is 2.64 bits per heavy atom. The average Bonchev–Trinajstić information content (AvgIpc) is 3.03. The number of likely N-dealkylation sites (tertiary alicyclic amines) is 1. The second-order valence-corrected chi connectivity index (χ2v) is 7.43. The number of amides is 1. The van der Waals surface area contributed by atoms with Gasteiger partial charge in [-0.25, -0.2) is 5.43 Å². The zero-order valence-corrected chi connectivity index (χ0v) is 15.9. The van der Waals surface area contributed by atoms with E-state index in [2.05, 4.69) is 50.7 Å². The van der Waals surface area contributed by atoms with Crippen LogP contribution in [0.1, 0.15) is 29.9 Å². The van der Waals surface area contributed by atoms with Crippen molar-refractivity contribution in [2.24, 2.45) is 11.0 Å². The van der Waals surface area contributed by atoms with E-state index < -0.39 is 0 Å².